The number of sulfonamides is 1. The normalized spacial score (nSPS) is 15.8. The van der Waals surface area contributed by atoms with Crippen LogP contribution >= 0.6 is 23.2 Å². The number of benzene rings is 2. The minimum atomic E-state index is -3.55. The maximum Gasteiger partial charge on any atom is 0.216 e. The maximum atomic E-state index is 12.4. The van der Waals surface area contributed by atoms with Gasteiger partial charge in [0.15, 0.2) is 0 Å². The van der Waals surface area contributed by atoms with Crippen LogP contribution in [-0.2, 0) is 33.6 Å². The number of hydrogen-bond donors (Lipinski definition) is 1. The minimum Gasteiger partial charge on any atom is -0.379 e. The Labute approximate surface area is 170 Å². The second-order valence-electron chi connectivity index (χ2n) is 6.49. The predicted octanol–water partition coefficient (Wildman–Crippen LogP) is 3.45. The lowest BCUT2D eigenvalue weighted by atomic mass is 10.1. The van der Waals surface area contributed by atoms with E-state index in [1.54, 1.807) is 18.2 Å². The van der Waals surface area contributed by atoms with Crippen molar-refractivity contribution in [3.8, 4) is 0 Å². The summed E-state index contributed by atoms with van der Waals surface area (Å²) in [7, 11) is -3.55. The Morgan fingerprint density at radius 3 is 2.19 bits per heavy atom. The van der Waals surface area contributed by atoms with Crippen molar-refractivity contribution in [2.75, 3.05) is 26.3 Å². The van der Waals surface area contributed by atoms with Crippen LogP contribution in [-0.4, -0.2) is 39.6 Å². The molecule has 0 atom stereocenters. The van der Waals surface area contributed by atoms with Gasteiger partial charge in [0.05, 0.1) is 19.0 Å². The van der Waals surface area contributed by atoms with Crippen molar-refractivity contribution in [2.24, 2.45) is 0 Å². The van der Waals surface area contributed by atoms with E-state index in [4.69, 9.17) is 27.9 Å². The van der Waals surface area contributed by atoms with E-state index < -0.39 is 10.0 Å². The molecule has 2 aromatic carbocycles. The number of halogens is 2. The molecule has 0 amide bonds. The largest absolute Gasteiger partial charge is 0.379 e. The monoisotopic (exact) mass is 428 g/mol. The molecule has 0 bridgehead atoms. The summed E-state index contributed by atoms with van der Waals surface area (Å²) in [4.78, 5) is 2.34. The SMILES string of the molecule is O=S(=O)(Cc1c(Cl)cccc1Cl)NCc1ccc(CN2CCOCC2)cc1. The molecule has 0 spiro atoms. The summed E-state index contributed by atoms with van der Waals surface area (Å²) in [6, 6.07) is 12.9. The van der Waals surface area contributed by atoms with Gasteiger partial charge >= 0.3 is 0 Å². The summed E-state index contributed by atoms with van der Waals surface area (Å²) >= 11 is 12.1. The fourth-order valence-corrected chi connectivity index (χ4v) is 4.75. The molecule has 0 unspecified atom stereocenters. The quantitative estimate of drug-likeness (QED) is 0.733. The van der Waals surface area contributed by atoms with Crippen LogP contribution in [0, 0.1) is 0 Å². The molecular formula is C19H22Cl2N2O3S. The zero-order chi connectivity index (χ0) is 19.3. The Hall–Kier alpha value is -1.15. The standard InChI is InChI=1S/C19H22Cl2N2O3S/c20-18-2-1-3-19(21)17(18)14-27(24,25)22-12-15-4-6-16(7-5-15)13-23-8-10-26-11-9-23/h1-7,22H,8-14H2. The number of ether oxygens (including phenoxy) is 1. The van der Waals surface area contributed by atoms with Gasteiger partial charge in [0.25, 0.3) is 0 Å². The number of nitrogens with one attached hydrogen (secondary N) is 1. The molecule has 1 aliphatic heterocycles. The van der Waals surface area contributed by atoms with Crippen molar-refractivity contribution < 1.29 is 13.2 Å². The third-order valence-corrected chi connectivity index (χ3v) is 6.39. The van der Waals surface area contributed by atoms with Crippen molar-refractivity contribution in [2.45, 2.75) is 18.8 Å². The highest BCUT2D eigenvalue weighted by Crippen LogP contribution is 2.26. The molecule has 8 heteroatoms. The summed E-state index contributed by atoms with van der Waals surface area (Å²) < 4.78 is 32.7. The van der Waals surface area contributed by atoms with Crippen molar-refractivity contribution >= 4 is 33.2 Å². The number of rotatable bonds is 7. The highest BCUT2D eigenvalue weighted by atomic mass is 35.5. The maximum absolute atomic E-state index is 12.4. The first-order valence-corrected chi connectivity index (χ1v) is 11.1. The van der Waals surface area contributed by atoms with E-state index in [1.165, 1.54) is 5.56 Å². The number of nitrogens with zero attached hydrogens (tertiary/aromatic N) is 1. The Bertz CT molecular complexity index is 847. The van der Waals surface area contributed by atoms with E-state index in [-0.39, 0.29) is 12.3 Å². The molecule has 1 heterocycles. The first-order chi connectivity index (χ1) is 12.9. The Morgan fingerprint density at radius 1 is 0.963 bits per heavy atom. The van der Waals surface area contributed by atoms with Crippen LogP contribution in [0.15, 0.2) is 42.5 Å². The molecule has 1 saturated heterocycles. The second-order valence-corrected chi connectivity index (χ2v) is 9.11. The third-order valence-electron chi connectivity index (χ3n) is 4.43. The Morgan fingerprint density at radius 2 is 1.56 bits per heavy atom. The van der Waals surface area contributed by atoms with Gasteiger partial charge in [0, 0.05) is 41.8 Å². The van der Waals surface area contributed by atoms with Crippen molar-refractivity contribution in [3.63, 3.8) is 0 Å². The summed E-state index contributed by atoms with van der Waals surface area (Å²) in [5, 5.41) is 0.695. The molecule has 1 fully saturated rings. The molecular weight excluding hydrogens is 407 g/mol. The lowest BCUT2D eigenvalue weighted by Gasteiger charge is -2.26. The smallest absolute Gasteiger partial charge is 0.216 e. The van der Waals surface area contributed by atoms with Gasteiger partial charge in [0.2, 0.25) is 10.0 Å². The van der Waals surface area contributed by atoms with Crippen LogP contribution in [0.5, 0.6) is 0 Å². The zero-order valence-electron chi connectivity index (χ0n) is 14.8. The molecule has 27 heavy (non-hydrogen) atoms. The topological polar surface area (TPSA) is 58.6 Å². The fourth-order valence-electron chi connectivity index (χ4n) is 2.88. The second kappa shape index (κ2) is 9.37. The van der Waals surface area contributed by atoms with E-state index in [9.17, 15) is 8.42 Å². The zero-order valence-corrected chi connectivity index (χ0v) is 17.2. The highest BCUT2D eigenvalue weighted by Gasteiger charge is 2.16. The van der Waals surface area contributed by atoms with Crippen molar-refractivity contribution in [1.82, 2.24) is 9.62 Å². The van der Waals surface area contributed by atoms with Crippen LogP contribution in [0.4, 0.5) is 0 Å². The first kappa shape index (κ1) is 20.6. The van der Waals surface area contributed by atoms with E-state index in [0.717, 1.165) is 38.4 Å². The molecule has 0 radical (unpaired) electrons. The van der Waals surface area contributed by atoms with Gasteiger partial charge in [-0.15, -0.1) is 0 Å². The summed E-state index contributed by atoms with van der Waals surface area (Å²) in [6.45, 7) is 4.52. The average Bonchev–Trinajstić information content (AvgIpc) is 2.65. The van der Waals surface area contributed by atoms with Crippen LogP contribution in [0.25, 0.3) is 0 Å². The lowest BCUT2D eigenvalue weighted by Crippen LogP contribution is -2.35. The van der Waals surface area contributed by atoms with Gasteiger partial charge < -0.3 is 4.74 Å². The number of hydrogen-bond acceptors (Lipinski definition) is 4. The molecule has 0 aliphatic carbocycles. The van der Waals surface area contributed by atoms with Gasteiger partial charge in [-0.25, -0.2) is 13.1 Å². The number of morpholine rings is 1. The minimum absolute atomic E-state index is 0.224. The van der Waals surface area contributed by atoms with Crippen LogP contribution in [0.1, 0.15) is 16.7 Å². The van der Waals surface area contributed by atoms with E-state index in [0.29, 0.717) is 15.6 Å². The van der Waals surface area contributed by atoms with Crippen LogP contribution in [0.3, 0.4) is 0 Å². The molecule has 5 nitrogen and oxygen atoms in total. The van der Waals surface area contributed by atoms with Crippen LogP contribution < -0.4 is 4.72 Å². The van der Waals surface area contributed by atoms with Crippen molar-refractivity contribution in [1.29, 1.82) is 0 Å². The Kier molecular flexibility index (Phi) is 7.14. The van der Waals surface area contributed by atoms with E-state index in [1.807, 2.05) is 24.3 Å². The first-order valence-electron chi connectivity index (χ1n) is 8.71. The van der Waals surface area contributed by atoms with E-state index in [2.05, 4.69) is 9.62 Å². The van der Waals surface area contributed by atoms with Crippen LogP contribution in [0.2, 0.25) is 10.0 Å². The highest BCUT2D eigenvalue weighted by molar-refractivity contribution is 7.88. The molecule has 3 rings (SSSR count). The molecule has 2 aromatic rings. The lowest BCUT2D eigenvalue weighted by molar-refractivity contribution is 0.0342. The summed E-state index contributed by atoms with van der Waals surface area (Å²) in [6.07, 6.45) is 0. The van der Waals surface area contributed by atoms with Crippen molar-refractivity contribution in [3.05, 3.63) is 69.2 Å². The van der Waals surface area contributed by atoms with Gasteiger partial charge in [-0.05, 0) is 23.3 Å². The summed E-state index contributed by atoms with van der Waals surface area (Å²) in [5.41, 5.74) is 2.51. The van der Waals surface area contributed by atoms with Gasteiger partial charge in [0.1, 0.15) is 0 Å². The van der Waals surface area contributed by atoms with Gasteiger partial charge in [-0.2, -0.15) is 0 Å². The Balaban J connectivity index is 1.55. The molecule has 1 N–H and O–H groups in total. The van der Waals surface area contributed by atoms with Gasteiger partial charge in [-0.1, -0.05) is 53.5 Å². The fraction of sp³-hybridized carbons (Fsp3) is 0.368. The molecule has 1 aliphatic rings. The molecule has 0 aromatic heterocycles. The van der Waals surface area contributed by atoms with E-state index >= 15 is 0 Å². The molecule has 146 valence electrons. The predicted molar refractivity (Wildman–Crippen MR) is 108 cm³/mol. The third kappa shape index (κ3) is 6.17. The molecule has 0 saturated carbocycles. The summed E-state index contributed by atoms with van der Waals surface area (Å²) in [5.74, 6) is -0.249. The van der Waals surface area contributed by atoms with Gasteiger partial charge in [-0.3, -0.25) is 4.90 Å². The average molecular weight is 429 g/mol.